The largest absolute Gasteiger partial charge is 0.467 e. The molecule has 0 saturated heterocycles. The molecule has 154 valence electrons. The lowest BCUT2D eigenvalue weighted by Crippen LogP contribution is -2.30. The summed E-state index contributed by atoms with van der Waals surface area (Å²) < 4.78 is 30.2. The maximum Gasteiger partial charge on any atom is 0.260 e. The van der Waals surface area contributed by atoms with Crippen molar-refractivity contribution in [1.29, 1.82) is 0 Å². The molecule has 0 atom stereocenters. The Hall–Kier alpha value is -2.68. The predicted molar refractivity (Wildman–Crippen MR) is 118 cm³/mol. The Morgan fingerprint density at radius 3 is 2.70 bits per heavy atom. The summed E-state index contributed by atoms with van der Waals surface area (Å²) in [5.74, 6) is 0.205. The quantitative estimate of drug-likeness (QED) is 0.413. The maximum absolute atomic E-state index is 13.4. The van der Waals surface area contributed by atoms with Gasteiger partial charge in [-0.05, 0) is 55.0 Å². The summed E-state index contributed by atoms with van der Waals surface area (Å²) in [6, 6.07) is 13.2. The number of carbonyl (C=O) groups excluding carboxylic acids is 1. The molecule has 0 aliphatic rings. The van der Waals surface area contributed by atoms with Gasteiger partial charge in [0.25, 0.3) is 5.91 Å². The highest BCUT2D eigenvalue weighted by Gasteiger charge is 2.24. The average Bonchev–Trinajstić information content (AvgIpc) is 3.38. The zero-order valence-corrected chi connectivity index (χ0v) is 18.5. The van der Waals surface area contributed by atoms with Gasteiger partial charge in [0.15, 0.2) is 15.0 Å². The van der Waals surface area contributed by atoms with Gasteiger partial charge >= 0.3 is 0 Å². The van der Waals surface area contributed by atoms with Crippen molar-refractivity contribution in [2.75, 3.05) is 11.2 Å². The number of nitrogens with zero attached hydrogens (tertiary/aromatic N) is 2. The van der Waals surface area contributed by atoms with Crippen molar-refractivity contribution in [1.82, 2.24) is 4.98 Å². The van der Waals surface area contributed by atoms with Crippen molar-refractivity contribution in [2.24, 2.45) is 0 Å². The molecule has 0 unspecified atom stereocenters. The smallest absolute Gasteiger partial charge is 0.260 e. The number of furan rings is 1. The summed E-state index contributed by atoms with van der Waals surface area (Å²) in [6.45, 7) is 2.03. The molecule has 1 amide bonds. The fourth-order valence-electron chi connectivity index (χ4n) is 3.00. The number of amides is 1. The fraction of sp³-hybridized carbons (Fsp3) is 0.143. The molecule has 0 bridgehead atoms. The number of anilines is 1. The van der Waals surface area contributed by atoms with E-state index in [1.165, 1.54) is 34.6 Å². The zero-order valence-electron chi connectivity index (χ0n) is 16.1. The second kappa shape index (κ2) is 7.86. The van der Waals surface area contributed by atoms with Crippen molar-refractivity contribution in [2.45, 2.75) is 18.4 Å². The van der Waals surface area contributed by atoms with Crippen molar-refractivity contribution < 1.29 is 17.6 Å². The molecule has 0 fully saturated rings. The van der Waals surface area contributed by atoms with Gasteiger partial charge in [0, 0.05) is 16.8 Å². The van der Waals surface area contributed by atoms with Crippen LogP contribution in [0.3, 0.4) is 0 Å². The van der Waals surface area contributed by atoms with Crippen LogP contribution in [0.15, 0.2) is 64.1 Å². The van der Waals surface area contributed by atoms with E-state index in [1.807, 2.05) is 13.0 Å². The van der Waals surface area contributed by atoms with Crippen LogP contribution in [-0.4, -0.2) is 25.6 Å². The molecule has 0 spiro atoms. The highest BCUT2D eigenvalue weighted by atomic mass is 35.5. The summed E-state index contributed by atoms with van der Waals surface area (Å²) in [7, 11) is -3.45. The molecule has 2 aromatic heterocycles. The first-order valence-electron chi connectivity index (χ1n) is 8.94. The van der Waals surface area contributed by atoms with Crippen molar-refractivity contribution in [3.8, 4) is 0 Å². The Balaban J connectivity index is 1.81. The normalized spacial score (nSPS) is 11.7. The molecule has 30 heavy (non-hydrogen) atoms. The number of benzene rings is 2. The second-order valence-electron chi connectivity index (χ2n) is 6.79. The third-order valence-corrected chi connectivity index (χ3v) is 7.18. The van der Waals surface area contributed by atoms with Crippen LogP contribution in [0.2, 0.25) is 5.02 Å². The summed E-state index contributed by atoms with van der Waals surface area (Å²) in [5.41, 5.74) is 1.81. The number of sulfone groups is 1. The van der Waals surface area contributed by atoms with E-state index in [0.29, 0.717) is 15.9 Å². The van der Waals surface area contributed by atoms with Crippen molar-refractivity contribution in [3.05, 3.63) is 76.7 Å². The minimum atomic E-state index is -3.45. The standard InChI is InChI=1S/C21H17ClN2O4S2/c1-13-17(22)8-9-18-19(13)23-21(29-18)24(12-15-6-4-10-28-15)20(25)14-5-3-7-16(11-14)30(2,26)27/h3-11H,12H2,1-2H3. The van der Waals surface area contributed by atoms with E-state index in [-0.39, 0.29) is 22.9 Å². The lowest BCUT2D eigenvalue weighted by atomic mass is 10.2. The highest BCUT2D eigenvalue weighted by Crippen LogP contribution is 2.35. The number of hydrogen-bond acceptors (Lipinski definition) is 6. The molecule has 0 saturated carbocycles. The van der Waals surface area contributed by atoms with Gasteiger partial charge in [-0.1, -0.05) is 29.0 Å². The maximum atomic E-state index is 13.4. The van der Waals surface area contributed by atoms with Gasteiger partial charge in [-0.15, -0.1) is 0 Å². The van der Waals surface area contributed by atoms with E-state index >= 15 is 0 Å². The molecule has 4 rings (SSSR count). The molecular weight excluding hydrogens is 444 g/mol. The van der Waals surface area contributed by atoms with Gasteiger partial charge in [0.1, 0.15) is 5.76 Å². The molecule has 0 radical (unpaired) electrons. The molecule has 0 aliphatic carbocycles. The number of thiazole rings is 1. The molecule has 0 aliphatic heterocycles. The topological polar surface area (TPSA) is 80.5 Å². The summed E-state index contributed by atoms with van der Waals surface area (Å²) in [5, 5.41) is 1.07. The molecule has 2 aromatic carbocycles. The first-order valence-corrected chi connectivity index (χ1v) is 12.0. The van der Waals surface area contributed by atoms with Crippen LogP contribution in [0, 0.1) is 6.92 Å². The number of hydrogen-bond donors (Lipinski definition) is 0. The van der Waals surface area contributed by atoms with Crippen LogP contribution in [0.4, 0.5) is 5.13 Å². The fourth-order valence-corrected chi connectivity index (χ4v) is 4.85. The Morgan fingerprint density at radius 2 is 2.00 bits per heavy atom. The molecule has 2 heterocycles. The predicted octanol–water partition coefficient (Wildman–Crippen LogP) is 5.10. The van der Waals surface area contributed by atoms with Crippen LogP contribution in [0.25, 0.3) is 10.2 Å². The van der Waals surface area contributed by atoms with Gasteiger partial charge in [-0.2, -0.15) is 0 Å². The van der Waals surface area contributed by atoms with Crippen LogP contribution < -0.4 is 4.90 Å². The highest BCUT2D eigenvalue weighted by molar-refractivity contribution is 7.90. The number of aryl methyl sites for hydroxylation is 1. The molecular formula is C21H17ClN2O4S2. The molecule has 4 aromatic rings. The van der Waals surface area contributed by atoms with E-state index in [4.69, 9.17) is 16.0 Å². The Kier molecular flexibility index (Phi) is 5.40. The first-order chi connectivity index (χ1) is 14.2. The summed E-state index contributed by atoms with van der Waals surface area (Å²) >= 11 is 7.58. The van der Waals surface area contributed by atoms with E-state index < -0.39 is 9.84 Å². The number of aromatic nitrogens is 1. The summed E-state index contributed by atoms with van der Waals surface area (Å²) in [4.78, 5) is 19.6. The van der Waals surface area contributed by atoms with Crippen LogP contribution in [0.5, 0.6) is 0 Å². The van der Waals surface area contributed by atoms with Gasteiger partial charge in [0.2, 0.25) is 0 Å². The SMILES string of the molecule is Cc1c(Cl)ccc2sc(N(Cc3ccco3)C(=O)c3cccc(S(C)(=O)=O)c3)nc12. The van der Waals surface area contributed by atoms with Crippen molar-refractivity contribution >= 4 is 54.0 Å². The molecule has 6 nitrogen and oxygen atoms in total. The van der Waals surface area contributed by atoms with Gasteiger partial charge in [0.05, 0.1) is 27.9 Å². The Morgan fingerprint density at radius 1 is 1.20 bits per heavy atom. The van der Waals surface area contributed by atoms with Crippen molar-refractivity contribution in [3.63, 3.8) is 0 Å². The van der Waals surface area contributed by atoms with E-state index in [0.717, 1.165) is 22.0 Å². The van der Waals surface area contributed by atoms with E-state index in [9.17, 15) is 13.2 Å². The van der Waals surface area contributed by atoms with Gasteiger partial charge < -0.3 is 4.42 Å². The minimum absolute atomic E-state index is 0.0817. The van der Waals surface area contributed by atoms with Gasteiger partial charge in [-0.3, -0.25) is 9.69 Å². The van der Waals surface area contributed by atoms with E-state index in [1.54, 1.807) is 30.3 Å². The summed E-state index contributed by atoms with van der Waals surface area (Å²) in [6.07, 6.45) is 2.64. The first kappa shape index (κ1) is 20.6. The number of carbonyl (C=O) groups is 1. The second-order valence-corrected chi connectivity index (χ2v) is 10.2. The zero-order chi connectivity index (χ0) is 21.5. The average molecular weight is 461 g/mol. The monoisotopic (exact) mass is 460 g/mol. The number of fused-ring (bicyclic) bond motifs is 1. The third kappa shape index (κ3) is 3.98. The molecule has 9 heteroatoms. The van der Waals surface area contributed by atoms with Crippen LogP contribution in [-0.2, 0) is 16.4 Å². The Labute approximate surface area is 182 Å². The van der Waals surface area contributed by atoms with Gasteiger partial charge in [-0.25, -0.2) is 13.4 Å². The van der Waals surface area contributed by atoms with Crippen LogP contribution in [0.1, 0.15) is 21.7 Å². The number of halogens is 1. The molecule has 0 N–H and O–H groups in total. The Bertz CT molecular complexity index is 1340. The lowest BCUT2D eigenvalue weighted by molar-refractivity contribution is 0.0983. The lowest BCUT2D eigenvalue weighted by Gasteiger charge is -2.19. The minimum Gasteiger partial charge on any atom is -0.467 e. The van der Waals surface area contributed by atoms with E-state index in [2.05, 4.69) is 4.98 Å². The van der Waals surface area contributed by atoms with Crippen LogP contribution >= 0.6 is 22.9 Å². The number of rotatable bonds is 5. The third-order valence-electron chi connectivity index (χ3n) is 4.62.